The molecule has 0 aliphatic rings. The van der Waals surface area contributed by atoms with Crippen molar-refractivity contribution < 1.29 is 9.90 Å². The molecular weight excluding hydrogens is 252 g/mol. The SMILES string of the molecule is Cc1cc(C(=O)NC(C)CC(C)O)c2ccccc2n1. The molecule has 0 spiro atoms. The number of hydrogen-bond donors (Lipinski definition) is 2. The molecule has 20 heavy (non-hydrogen) atoms. The Morgan fingerprint density at radius 2 is 2.05 bits per heavy atom. The van der Waals surface area contributed by atoms with E-state index in [4.69, 9.17) is 0 Å². The maximum atomic E-state index is 12.4. The number of pyridine rings is 1. The molecule has 2 aromatic rings. The molecular formula is C16H20N2O2. The Labute approximate surface area is 118 Å². The van der Waals surface area contributed by atoms with Crippen molar-refractivity contribution in [3.05, 3.63) is 41.6 Å². The number of aromatic nitrogens is 1. The van der Waals surface area contributed by atoms with Gasteiger partial charge in [0.2, 0.25) is 0 Å². The van der Waals surface area contributed by atoms with Gasteiger partial charge in [-0.2, -0.15) is 0 Å². The van der Waals surface area contributed by atoms with Crippen molar-refractivity contribution in [3.63, 3.8) is 0 Å². The van der Waals surface area contributed by atoms with E-state index in [1.807, 2.05) is 38.1 Å². The number of aliphatic hydroxyl groups is 1. The lowest BCUT2D eigenvalue weighted by atomic mass is 10.1. The lowest BCUT2D eigenvalue weighted by molar-refractivity contribution is 0.0924. The van der Waals surface area contributed by atoms with Crippen molar-refractivity contribution in [3.8, 4) is 0 Å². The number of nitrogens with zero attached hydrogens (tertiary/aromatic N) is 1. The predicted molar refractivity (Wildman–Crippen MR) is 79.7 cm³/mol. The number of hydrogen-bond acceptors (Lipinski definition) is 3. The average Bonchev–Trinajstić information content (AvgIpc) is 2.36. The highest BCUT2D eigenvalue weighted by Gasteiger charge is 2.15. The largest absolute Gasteiger partial charge is 0.393 e. The first-order chi connectivity index (χ1) is 9.47. The van der Waals surface area contributed by atoms with Crippen LogP contribution in [-0.2, 0) is 0 Å². The fourth-order valence-corrected chi connectivity index (χ4v) is 2.37. The maximum absolute atomic E-state index is 12.4. The summed E-state index contributed by atoms with van der Waals surface area (Å²) in [4.78, 5) is 16.8. The Morgan fingerprint density at radius 1 is 1.35 bits per heavy atom. The van der Waals surface area contributed by atoms with Crippen LogP contribution >= 0.6 is 0 Å². The van der Waals surface area contributed by atoms with E-state index in [-0.39, 0.29) is 11.9 Å². The van der Waals surface area contributed by atoms with Crippen molar-refractivity contribution in [1.29, 1.82) is 0 Å². The van der Waals surface area contributed by atoms with E-state index in [0.717, 1.165) is 16.6 Å². The Kier molecular flexibility index (Phi) is 4.35. The quantitative estimate of drug-likeness (QED) is 0.898. The molecule has 1 amide bonds. The van der Waals surface area contributed by atoms with E-state index in [1.54, 1.807) is 13.0 Å². The molecule has 4 heteroatoms. The summed E-state index contributed by atoms with van der Waals surface area (Å²) in [5.74, 6) is -0.125. The van der Waals surface area contributed by atoms with Gasteiger partial charge in [-0.15, -0.1) is 0 Å². The van der Waals surface area contributed by atoms with Crippen LogP contribution < -0.4 is 5.32 Å². The predicted octanol–water partition coefficient (Wildman–Crippen LogP) is 2.43. The van der Waals surface area contributed by atoms with Crippen LogP contribution in [0.3, 0.4) is 0 Å². The van der Waals surface area contributed by atoms with Gasteiger partial charge >= 0.3 is 0 Å². The van der Waals surface area contributed by atoms with E-state index in [9.17, 15) is 9.90 Å². The number of aliphatic hydroxyl groups excluding tert-OH is 1. The molecule has 2 N–H and O–H groups in total. The summed E-state index contributed by atoms with van der Waals surface area (Å²) in [6.07, 6.45) is 0.106. The van der Waals surface area contributed by atoms with Gasteiger partial charge in [0.05, 0.1) is 17.2 Å². The van der Waals surface area contributed by atoms with E-state index in [2.05, 4.69) is 10.3 Å². The molecule has 0 aliphatic heterocycles. The second kappa shape index (κ2) is 6.01. The first-order valence-corrected chi connectivity index (χ1v) is 6.82. The Bertz CT molecular complexity index is 623. The normalized spacial score (nSPS) is 14.0. The van der Waals surface area contributed by atoms with Gasteiger partial charge in [-0.1, -0.05) is 18.2 Å². The number of amides is 1. The van der Waals surface area contributed by atoms with E-state index in [1.165, 1.54) is 0 Å². The summed E-state index contributed by atoms with van der Waals surface area (Å²) in [6.45, 7) is 5.48. The lowest BCUT2D eigenvalue weighted by Crippen LogP contribution is -2.34. The van der Waals surface area contributed by atoms with Crippen LogP contribution in [0.4, 0.5) is 0 Å². The van der Waals surface area contributed by atoms with Crippen LogP contribution in [-0.4, -0.2) is 28.1 Å². The number of benzene rings is 1. The second-order valence-electron chi connectivity index (χ2n) is 5.29. The van der Waals surface area contributed by atoms with Crippen LogP contribution in [0.15, 0.2) is 30.3 Å². The Morgan fingerprint density at radius 3 is 2.75 bits per heavy atom. The molecule has 1 heterocycles. The van der Waals surface area contributed by atoms with Crippen molar-refractivity contribution in [2.24, 2.45) is 0 Å². The minimum Gasteiger partial charge on any atom is -0.393 e. The fraction of sp³-hybridized carbons (Fsp3) is 0.375. The van der Waals surface area contributed by atoms with Crippen LogP contribution in [0.1, 0.15) is 36.3 Å². The molecule has 1 aromatic carbocycles. The van der Waals surface area contributed by atoms with Crippen molar-refractivity contribution in [2.45, 2.75) is 39.3 Å². The summed E-state index contributed by atoms with van der Waals surface area (Å²) in [7, 11) is 0. The third-order valence-corrected chi connectivity index (χ3v) is 3.16. The molecule has 4 nitrogen and oxygen atoms in total. The molecule has 0 radical (unpaired) electrons. The Balaban J connectivity index is 2.30. The second-order valence-corrected chi connectivity index (χ2v) is 5.29. The third-order valence-electron chi connectivity index (χ3n) is 3.16. The Hall–Kier alpha value is -1.94. The zero-order chi connectivity index (χ0) is 14.7. The van der Waals surface area contributed by atoms with Gasteiger partial charge in [0, 0.05) is 17.1 Å². The third kappa shape index (κ3) is 3.33. The number of para-hydroxylation sites is 1. The van der Waals surface area contributed by atoms with Crippen molar-refractivity contribution in [1.82, 2.24) is 10.3 Å². The topological polar surface area (TPSA) is 62.2 Å². The summed E-state index contributed by atoms with van der Waals surface area (Å²) in [5.41, 5.74) is 2.27. The van der Waals surface area contributed by atoms with Crippen LogP contribution in [0.5, 0.6) is 0 Å². The molecule has 0 aliphatic carbocycles. The fourth-order valence-electron chi connectivity index (χ4n) is 2.37. The van der Waals surface area contributed by atoms with E-state index < -0.39 is 6.10 Å². The first kappa shape index (κ1) is 14.5. The molecule has 2 atom stereocenters. The first-order valence-electron chi connectivity index (χ1n) is 6.82. The van der Waals surface area contributed by atoms with Gasteiger partial charge in [0.1, 0.15) is 0 Å². The highest BCUT2D eigenvalue weighted by atomic mass is 16.3. The number of rotatable bonds is 4. The highest BCUT2D eigenvalue weighted by Crippen LogP contribution is 2.18. The lowest BCUT2D eigenvalue weighted by Gasteiger charge is -2.16. The van der Waals surface area contributed by atoms with Gasteiger partial charge in [-0.3, -0.25) is 9.78 Å². The summed E-state index contributed by atoms with van der Waals surface area (Å²) >= 11 is 0. The van der Waals surface area contributed by atoms with Crippen molar-refractivity contribution in [2.75, 3.05) is 0 Å². The minimum absolute atomic E-state index is 0.0743. The van der Waals surface area contributed by atoms with Crippen LogP contribution in [0, 0.1) is 6.92 Å². The van der Waals surface area contributed by atoms with E-state index >= 15 is 0 Å². The van der Waals surface area contributed by atoms with Gasteiger partial charge in [-0.05, 0) is 39.3 Å². The summed E-state index contributed by atoms with van der Waals surface area (Å²) in [5, 5.41) is 13.1. The molecule has 0 fully saturated rings. The molecule has 1 aromatic heterocycles. The monoisotopic (exact) mass is 272 g/mol. The summed E-state index contributed by atoms with van der Waals surface area (Å²) < 4.78 is 0. The number of aryl methyl sites for hydroxylation is 1. The van der Waals surface area contributed by atoms with Gasteiger partial charge < -0.3 is 10.4 Å². The number of nitrogens with one attached hydrogen (secondary N) is 1. The highest BCUT2D eigenvalue weighted by molar-refractivity contribution is 6.06. The van der Waals surface area contributed by atoms with Gasteiger partial charge in [0.25, 0.3) is 5.91 Å². The molecule has 2 unspecified atom stereocenters. The zero-order valence-electron chi connectivity index (χ0n) is 12.1. The number of fused-ring (bicyclic) bond motifs is 1. The molecule has 0 saturated heterocycles. The number of carbonyl (C=O) groups is 1. The van der Waals surface area contributed by atoms with Gasteiger partial charge in [0.15, 0.2) is 0 Å². The number of carbonyl (C=O) groups excluding carboxylic acids is 1. The molecule has 2 rings (SSSR count). The standard InChI is InChI=1S/C16H20N2O2/c1-10(8-12(3)19)18-16(20)14-9-11(2)17-15-7-5-4-6-13(14)15/h4-7,9-10,12,19H,8H2,1-3H3,(H,18,20). The van der Waals surface area contributed by atoms with Crippen LogP contribution in [0.2, 0.25) is 0 Å². The van der Waals surface area contributed by atoms with Crippen molar-refractivity contribution >= 4 is 16.8 Å². The maximum Gasteiger partial charge on any atom is 0.252 e. The molecule has 106 valence electrons. The van der Waals surface area contributed by atoms with Gasteiger partial charge in [-0.25, -0.2) is 0 Å². The molecule has 0 saturated carbocycles. The minimum atomic E-state index is -0.429. The van der Waals surface area contributed by atoms with Crippen LogP contribution in [0.25, 0.3) is 10.9 Å². The smallest absolute Gasteiger partial charge is 0.252 e. The zero-order valence-corrected chi connectivity index (χ0v) is 12.1. The summed E-state index contributed by atoms with van der Waals surface area (Å²) in [6, 6.07) is 9.33. The average molecular weight is 272 g/mol. The molecule has 0 bridgehead atoms. The van der Waals surface area contributed by atoms with E-state index in [0.29, 0.717) is 12.0 Å².